The van der Waals surface area contributed by atoms with Crippen molar-refractivity contribution in [2.45, 2.75) is 194 Å². The third kappa shape index (κ3) is 17.8. The molecule has 3 fully saturated rings. The number of Topliss-reactive ketones (excluding diaryl/α,β-unsaturated/α-hetero) is 3. The van der Waals surface area contributed by atoms with Crippen molar-refractivity contribution in [1.29, 1.82) is 0 Å². The highest BCUT2D eigenvalue weighted by Gasteiger charge is 2.53. The van der Waals surface area contributed by atoms with Crippen molar-refractivity contribution in [2.75, 3.05) is 54.3 Å². The molecular weight excluding hydrogens is 1050 g/mol. The number of carbonyl (C=O) groups is 7. The fourth-order valence-electron chi connectivity index (χ4n) is 11.3. The number of amides is 1. The van der Waals surface area contributed by atoms with E-state index in [1.165, 1.54) is 34.1 Å². The molecule has 0 aromatic rings. The number of cyclic esters (lactones) is 1. The Labute approximate surface area is 479 Å². The van der Waals surface area contributed by atoms with Gasteiger partial charge in [0.25, 0.3) is 11.7 Å². The van der Waals surface area contributed by atoms with Gasteiger partial charge in [0.15, 0.2) is 18.0 Å². The molecule has 20 heteroatoms. The molecule has 2 saturated heterocycles. The summed E-state index contributed by atoms with van der Waals surface area (Å²) in [6.45, 7) is 12.1. The van der Waals surface area contributed by atoms with Gasteiger partial charge in [0.2, 0.25) is 5.79 Å². The number of nitrogens with zero attached hydrogens (tertiary/aromatic N) is 1. The number of carbonyl (C=O) groups excluding carboxylic acids is 7. The smallest absolute Gasteiger partial charge is 0.329 e. The highest BCUT2D eigenvalue weighted by molar-refractivity contribution is 6.39. The summed E-state index contributed by atoms with van der Waals surface area (Å²) in [5.41, 5.74) is -2.20. The Kier molecular flexibility index (Phi) is 26.7. The van der Waals surface area contributed by atoms with Crippen molar-refractivity contribution in [3.8, 4) is 0 Å². The van der Waals surface area contributed by atoms with Gasteiger partial charge in [0.05, 0.1) is 44.7 Å². The summed E-state index contributed by atoms with van der Waals surface area (Å²) < 4.78 is 41.8. The minimum Gasteiger partial charge on any atom is -0.460 e. The topological polar surface area (TPSA) is 288 Å². The van der Waals surface area contributed by atoms with Gasteiger partial charge in [-0.1, -0.05) is 71.1 Å². The number of piperidine rings is 1. The Bertz CT molecular complexity index is 2270. The summed E-state index contributed by atoms with van der Waals surface area (Å²) in [4.78, 5) is 101. The van der Waals surface area contributed by atoms with Gasteiger partial charge in [0, 0.05) is 58.5 Å². The van der Waals surface area contributed by atoms with Gasteiger partial charge in [-0.3, -0.25) is 28.8 Å². The van der Waals surface area contributed by atoms with Gasteiger partial charge in [-0.15, -0.1) is 0 Å². The number of methoxy groups -OCH3 is 3. The fraction of sp³-hybridized carbons (Fsp3) is 0.754. The number of allylic oxidation sites excluding steroid dienone is 6. The first-order chi connectivity index (χ1) is 38.2. The fourth-order valence-corrected chi connectivity index (χ4v) is 11.3. The minimum absolute atomic E-state index is 0.00305. The molecule has 3 aliphatic heterocycles. The van der Waals surface area contributed by atoms with Gasteiger partial charge < -0.3 is 63.6 Å². The number of aliphatic hydroxyl groups is 5. The van der Waals surface area contributed by atoms with Crippen molar-refractivity contribution < 1.29 is 92.3 Å². The molecule has 81 heavy (non-hydrogen) atoms. The molecule has 20 nitrogen and oxygen atoms in total. The number of hydrogen-bond acceptors (Lipinski definition) is 19. The zero-order valence-electron chi connectivity index (χ0n) is 50.0. The van der Waals surface area contributed by atoms with Crippen LogP contribution < -0.4 is 0 Å². The summed E-state index contributed by atoms with van der Waals surface area (Å²) in [6.07, 6.45) is 8.39. The molecule has 1 unspecified atom stereocenters. The van der Waals surface area contributed by atoms with E-state index in [-0.39, 0.29) is 43.2 Å². The van der Waals surface area contributed by atoms with E-state index in [4.69, 9.17) is 33.2 Å². The Morgan fingerprint density at radius 1 is 0.753 bits per heavy atom. The number of aliphatic hydroxyl groups excluding tert-OH is 4. The van der Waals surface area contributed by atoms with Crippen LogP contribution in [-0.4, -0.2) is 180 Å². The van der Waals surface area contributed by atoms with Crippen LogP contribution in [0.15, 0.2) is 47.6 Å². The molecule has 3 heterocycles. The quantitative estimate of drug-likeness (QED) is 0.0641. The van der Waals surface area contributed by atoms with E-state index in [1.54, 1.807) is 34.8 Å². The Balaban J connectivity index is 1.80. The normalized spacial score (nSPS) is 35.0. The zero-order chi connectivity index (χ0) is 60.6. The molecule has 1 amide bonds. The third-order valence-corrected chi connectivity index (χ3v) is 17.3. The van der Waals surface area contributed by atoms with Crippen LogP contribution in [0.2, 0.25) is 0 Å². The summed E-state index contributed by atoms with van der Waals surface area (Å²) in [5, 5.41) is 52.1. The lowest BCUT2D eigenvalue weighted by Crippen LogP contribution is -2.61. The molecule has 458 valence electrons. The molecule has 4 aliphatic rings. The van der Waals surface area contributed by atoms with Crippen molar-refractivity contribution in [3.05, 3.63) is 47.6 Å². The second-order valence-electron chi connectivity index (χ2n) is 24.1. The van der Waals surface area contributed by atoms with E-state index in [2.05, 4.69) is 0 Å². The lowest BCUT2D eigenvalue weighted by Gasteiger charge is -2.42. The van der Waals surface area contributed by atoms with Crippen LogP contribution in [0.4, 0.5) is 0 Å². The van der Waals surface area contributed by atoms with Crippen molar-refractivity contribution in [3.63, 3.8) is 0 Å². The molecule has 0 spiro atoms. The number of ether oxygens (including phenoxy) is 7. The Hall–Kier alpha value is -4.51. The molecular formula is C61H95NO19. The van der Waals surface area contributed by atoms with Gasteiger partial charge in [-0.2, -0.15) is 0 Å². The van der Waals surface area contributed by atoms with Gasteiger partial charge >= 0.3 is 17.9 Å². The monoisotopic (exact) mass is 1150 g/mol. The molecule has 4 rings (SSSR count). The third-order valence-electron chi connectivity index (χ3n) is 17.3. The lowest BCUT2D eigenvalue weighted by atomic mass is 9.78. The molecule has 1 saturated carbocycles. The van der Waals surface area contributed by atoms with Crippen molar-refractivity contribution in [1.82, 2.24) is 4.90 Å². The van der Waals surface area contributed by atoms with Gasteiger partial charge in [-0.05, 0) is 121 Å². The second-order valence-corrected chi connectivity index (χ2v) is 24.1. The first kappa shape index (κ1) is 69.0. The van der Waals surface area contributed by atoms with Crippen molar-refractivity contribution in [2.24, 2.45) is 46.3 Å². The predicted molar refractivity (Wildman–Crippen MR) is 297 cm³/mol. The maximum Gasteiger partial charge on any atom is 0.329 e. The van der Waals surface area contributed by atoms with Crippen LogP contribution in [0.5, 0.6) is 0 Å². The SMILES string of the molecule is CO[C@H]1C[C@@H]2CC[C@@H](C)[C@@](O)(O2)C(=O)C(=O)N2CCCC[C@H]2C(=O)O[C@H]([C@H](C)CC2CC[C@@H](OC(=O)C(C)(CO)CO)[C@H](OC)C2)CC(=O)[C@H](C)/C=C(\C)[C@@H](OC(=O)C(C)(CO)CO)[C@@H](OC)C(=O)[C@H](C)C[C@H](C)/C=C/C=C/C=C/1C. The summed E-state index contributed by atoms with van der Waals surface area (Å²) in [6, 6.07) is -1.26. The van der Waals surface area contributed by atoms with E-state index < -0.39 is 157 Å². The highest BCUT2D eigenvalue weighted by atomic mass is 16.6. The minimum atomic E-state index is -2.51. The molecule has 1 aliphatic carbocycles. The Morgan fingerprint density at radius 3 is 2.00 bits per heavy atom. The van der Waals surface area contributed by atoms with Gasteiger partial charge in [-0.25, -0.2) is 4.79 Å². The van der Waals surface area contributed by atoms with E-state index in [9.17, 15) is 59.1 Å². The molecule has 5 N–H and O–H groups in total. The van der Waals surface area contributed by atoms with E-state index in [0.717, 1.165) is 10.5 Å². The predicted octanol–water partition coefficient (Wildman–Crippen LogP) is 5.26. The standard InChI is InChI=1S/C61H95NO19/c1-36-18-14-13-15-19-37(2)48(75-10)30-44-23-21-42(7)61(74,81-44)54(69)55(70)62-25-17-16-20-45(62)56(71)78-49(39(4)28-43-22-24-47(50(29-43)76-11)79-57(72)59(8,32-63)33-64)31-46(67)38(3)27-41(6)52(53(77-12)51(68)40(5)26-36)80-58(73)60(9,34-65)35-66/h13-15,18-19,27,36,38-40,42-45,47-50,52-53,63-66,74H,16-17,20-26,28-35H2,1-12H3/b15-13+,18-14+,37-19+,41-27+/t36-,38-,39-,40-,42-,43?,44+,45+,47-,48+,49+,50-,52-,53+,61-/m1/s1. The maximum atomic E-state index is 14.7. The summed E-state index contributed by atoms with van der Waals surface area (Å²) in [7, 11) is 4.33. The Morgan fingerprint density at radius 2 is 1.40 bits per heavy atom. The average molecular weight is 1150 g/mol. The molecule has 0 radical (unpaired) electrons. The number of esters is 3. The average Bonchev–Trinajstić information content (AvgIpc) is 3.46. The van der Waals surface area contributed by atoms with Gasteiger partial charge in [0.1, 0.15) is 34.9 Å². The largest absolute Gasteiger partial charge is 0.460 e. The van der Waals surface area contributed by atoms with Crippen LogP contribution >= 0.6 is 0 Å². The lowest BCUT2D eigenvalue weighted by molar-refractivity contribution is -0.265. The van der Waals surface area contributed by atoms with E-state index in [0.29, 0.717) is 57.8 Å². The summed E-state index contributed by atoms with van der Waals surface area (Å²) in [5.74, 6) is -11.4. The molecule has 15 atom stereocenters. The van der Waals surface area contributed by atoms with Crippen molar-refractivity contribution >= 4 is 41.2 Å². The number of ketones is 3. The van der Waals surface area contributed by atoms with Crippen LogP contribution in [0.25, 0.3) is 0 Å². The molecule has 0 aromatic carbocycles. The van der Waals surface area contributed by atoms with Crippen LogP contribution in [0, 0.1) is 46.3 Å². The number of fused-ring (bicyclic) bond motifs is 3. The van der Waals surface area contributed by atoms with E-state index in [1.807, 2.05) is 51.2 Å². The maximum absolute atomic E-state index is 14.7. The van der Waals surface area contributed by atoms with Crippen LogP contribution in [0.3, 0.4) is 0 Å². The first-order valence-electron chi connectivity index (χ1n) is 28.9. The second kappa shape index (κ2) is 31.4. The van der Waals surface area contributed by atoms with Crippen LogP contribution in [-0.2, 0) is 66.7 Å². The summed E-state index contributed by atoms with van der Waals surface area (Å²) >= 11 is 0. The number of hydrogen-bond donors (Lipinski definition) is 5. The molecule has 2 bridgehead atoms. The highest BCUT2D eigenvalue weighted by Crippen LogP contribution is 2.39. The zero-order valence-corrected chi connectivity index (χ0v) is 50.0. The van der Waals surface area contributed by atoms with Crippen LogP contribution in [0.1, 0.15) is 139 Å². The van der Waals surface area contributed by atoms with E-state index >= 15 is 0 Å². The number of rotatable bonds is 14. The molecule has 0 aromatic heterocycles. The first-order valence-corrected chi connectivity index (χ1v) is 28.9.